The second kappa shape index (κ2) is 8.31. The van der Waals surface area contributed by atoms with Gasteiger partial charge in [0.15, 0.2) is 0 Å². The maximum absolute atomic E-state index is 11.8. The van der Waals surface area contributed by atoms with Crippen LogP contribution >= 0.6 is 0 Å². The molecule has 2 aromatic rings. The Morgan fingerprint density at radius 2 is 1.60 bits per heavy atom. The summed E-state index contributed by atoms with van der Waals surface area (Å²) in [6, 6.07) is 17.0. The van der Waals surface area contributed by atoms with Gasteiger partial charge in [0.25, 0.3) is 0 Å². The van der Waals surface area contributed by atoms with E-state index in [1.165, 1.54) is 11.1 Å². The van der Waals surface area contributed by atoms with Crippen molar-refractivity contribution < 1.29 is 14.3 Å². The zero-order valence-electron chi connectivity index (χ0n) is 18.2. The van der Waals surface area contributed by atoms with Gasteiger partial charge in [-0.3, -0.25) is 0 Å². The SMILES string of the molecule is CC(C)(C)OC(=O)NCCCN1CCC2(CC1)c1ccccc1Oc1ccccc12. The molecule has 0 bridgehead atoms. The number of likely N-dealkylation sites (tertiary alicyclic amines) is 1. The Hall–Kier alpha value is -2.53. The van der Waals surface area contributed by atoms with Crippen LogP contribution in [0, 0.1) is 0 Å². The molecule has 2 aliphatic rings. The van der Waals surface area contributed by atoms with Crippen molar-refractivity contribution in [2.24, 2.45) is 0 Å². The van der Waals surface area contributed by atoms with Gasteiger partial charge in [-0.2, -0.15) is 0 Å². The summed E-state index contributed by atoms with van der Waals surface area (Å²) in [6.07, 6.45) is 2.73. The first kappa shape index (κ1) is 20.7. The number of alkyl carbamates (subject to hydrolysis) is 1. The third-order valence-electron chi connectivity index (χ3n) is 6.05. The number of carbonyl (C=O) groups excluding carboxylic acids is 1. The monoisotopic (exact) mass is 408 g/mol. The number of ether oxygens (including phenoxy) is 2. The van der Waals surface area contributed by atoms with Crippen molar-refractivity contribution in [3.63, 3.8) is 0 Å². The lowest BCUT2D eigenvalue weighted by atomic mass is 9.66. The Kier molecular flexibility index (Phi) is 5.74. The molecule has 1 saturated heterocycles. The van der Waals surface area contributed by atoms with Crippen molar-refractivity contribution in [1.82, 2.24) is 10.2 Å². The van der Waals surface area contributed by atoms with Gasteiger partial charge < -0.3 is 19.7 Å². The molecule has 1 spiro atoms. The number of fused-ring (bicyclic) bond motifs is 4. The van der Waals surface area contributed by atoms with E-state index >= 15 is 0 Å². The van der Waals surface area contributed by atoms with Crippen LogP contribution in [0.25, 0.3) is 0 Å². The molecule has 0 atom stereocenters. The van der Waals surface area contributed by atoms with Crippen LogP contribution in [-0.2, 0) is 10.2 Å². The predicted molar refractivity (Wildman–Crippen MR) is 118 cm³/mol. The van der Waals surface area contributed by atoms with E-state index in [-0.39, 0.29) is 11.5 Å². The second-order valence-electron chi connectivity index (χ2n) is 9.30. The molecule has 1 N–H and O–H groups in total. The Bertz CT molecular complexity index is 848. The summed E-state index contributed by atoms with van der Waals surface area (Å²) in [7, 11) is 0. The van der Waals surface area contributed by atoms with Gasteiger partial charge in [0.2, 0.25) is 0 Å². The van der Waals surface area contributed by atoms with Gasteiger partial charge in [0, 0.05) is 23.1 Å². The van der Waals surface area contributed by atoms with Crippen LogP contribution in [0.1, 0.15) is 51.2 Å². The molecule has 0 saturated carbocycles. The normalized spacial score (nSPS) is 17.6. The summed E-state index contributed by atoms with van der Waals surface area (Å²) < 4.78 is 11.5. The molecule has 0 unspecified atom stereocenters. The van der Waals surface area contributed by atoms with E-state index in [1.54, 1.807) is 0 Å². The fraction of sp³-hybridized carbons (Fsp3) is 0.480. The Balaban J connectivity index is 1.36. The molecule has 30 heavy (non-hydrogen) atoms. The van der Waals surface area contributed by atoms with Crippen molar-refractivity contribution in [2.75, 3.05) is 26.2 Å². The Morgan fingerprint density at radius 3 is 2.17 bits per heavy atom. The molecule has 2 heterocycles. The van der Waals surface area contributed by atoms with E-state index in [4.69, 9.17) is 9.47 Å². The molecule has 1 amide bonds. The summed E-state index contributed by atoms with van der Waals surface area (Å²) >= 11 is 0. The second-order valence-corrected chi connectivity index (χ2v) is 9.30. The molecule has 5 heteroatoms. The van der Waals surface area contributed by atoms with E-state index in [2.05, 4.69) is 46.6 Å². The predicted octanol–water partition coefficient (Wildman–Crippen LogP) is 5.09. The van der Waals surface area contributed by atoms with Gasteiger partial charge in [0.05, 0.1) is 0 Å². The molecule has 2 aromatic carbocycles. The van der Waals surface area contributed by atoms with Crippen LogP contribution in [0.5, 0.6) is 11.5 Å². The third kappa shape index (κ3) is 4.31. The highest BCUT2D eigenvalue weighted by molar-refractivity contribution is 5.67. The molecule has 0 aliphatic carbocycles. The first-order valence-electron chi connectivity index (χ1n) is 10.9. The summed E-state index contributed by atoms with van der Waals surface area (Å²) in [4.78, 5) is 14.3. The van der Waals surface area contributed by atoms with Gasteiger partial charge in [-0.25, -0.2) is 4.79 Å². The molecule has 160 valence electrons. The van der Waals surface area contributed by atoms with Crippen molar-refractivity contribution in [3.8, 4) is 11.5 Å². The molecular formula is C25H32N2O3. The van der Waals surface area contributed by atoms with E-state index in [0.29, 0.717) is 6.54 Å². The first-order chi connectivity index (χ1) is 14.4. The maximum Gasteiger partial charge on any atom is 0.407 e. The van der Waals surface area contributed by atoms with Crippen molar-refractivity contribution in [2.45, 2.75) is 51.0 Å². The van der Waals surface area contributed by atoms with Gasteiger partial charge in [-0.05, 0) is 71.8 Å². The fourth-order valence-electron chi connectivity index (χ4n) is 4.67. The van der Waals surface area contributed by atoms with Crippen LogP contribution in [0.4, 0.5) is 4.79 Å². The van der Waals surface area contributed by atoms with Crippen LogP contribution in [-0.4, -0.2) is 42.8 Å². The molecule has 5 nitrogen and oxygen atoms in total. The fourth-order valence-corrected chi connectivity index (χ4v) is 4.67. The number of piperidine rings is 1. The number of carbonyl (C=O) groups is 1. The van der Waals surface area contributed by atoms with Crippen LogP contribution in [0.3, 0.4) is 0 Å². The number of hydrogen-bond acceptors (Lipinski definition) is 4. The molecule has 4 rings (SSSR count). The van der Waals surface area contributed by atoms with Crippen LogP contribution in [0.15, 0.2) is 48.5 Å². The molecule has 0 radical (unpaired) electrons. The summed E-state index contributed by atoms with van der Waals surface area (Å²) in [6.45, 7) is 9.32. The van der Waals surface area contributed by atoms with Crippen LogP contribution < -0.4 is 10.1 Å². The molecular weight excluding hydrogens is 376 g/mol. The zero-order valence-corrected chi connectivity index (χ0v) is 18.2. The summed E-state index contributed by atoms with van der Waals surface area (Å²) in [5, 5.41) is 2.86. The summed E-state index contributed by atoms with van der Waals surface area (Å²) in [5.41, 5.74) is 2.20. The largest absolute Gasteiger partial charge is 0.457 e. The highest BCUT2D eigenvalue weighted by atomic mass is 16.6. The quantitative estimate of drug-likeness (QED) is 0.716. The number of nitrogens with zero attached hydrogens (tertiary/aromatic N) is 1. The van der Waals surface area contributed by atoms with Gasteiger partial charge in [0.1, 0.15) is 17.1 Å². The van der Waals surface area contributed by atoms with E-state index in [9.17, 15) is 4.79 Å². The molecule has 1 fully saturated rings. The number of amides is 1. The minimum Gasteiger partial charge on any atom is -0.457 e. The summed E-state index contributed by atoms with van der Waals surface area (Å²) in [5.74, 6) is 1.98. The zero-order chi connectivity index (χ0) is 21.2. The lowest BCUT2D eigenvalue weighted by Gasteiger charge is -2.46. The van der Waals surface area contributed by atoms with Gasteiger partial charge in [-0.1, -0.05) is 36.4 Å². The lowest BCUT2D eigenvalue weighted by molar-refractivity contribution is 0.0525. The molecule has 0 aromatic heterocycles. The molecule has 2 aliphatic heterocycles. The van der Waals surface area contributed by atoms with Gasteiger partial charge in [-0.15, -0.1) is 0 Å². The topological polar surface area (TPSA) is 50.8 Å². The minimum atomic E-state index is -0.457. The number of benzene rings is 2. The van der Waals surface area contributed by atoms with E-state index < -0.39 is 5.60 Å². The van der Waals surface area contributed by atoms with Crippen molar-refractivity contribution >= 4 is 6.09 Å². The number of rotatable bonds is 4. The first-order valence-corrected chi connectivity index (χ1v) is 10.9. The smallest absolute Gasteiger partial charge is 0.407 e. The van der Waals surface area contributed by atoms with Crippen molar-refractivity contribution in [1.29, 1.82) is 0 Å². The van der Waals surface area contributed by atoms with E-state index in [1.807, 2.05) is 32.9 Å². The highest BCUT2D eigenvalue weighted by Crippen LogP contribution is 2.52. The van der Waals surface area contributed by atoms with Gasteiger partial charge >= 0.3 is 6.09 Å². The maximum atomic E-state index is 11.8. The highest BCUT2D eigenvalue weighted by Gasteiger charge is 2.43. The Labute approximate surface area is 179 Å². The Morgan fingerprint density at radius 1 is 1.03 bits per heavy atom. The van der Waals surface area contributed by atoms with E-state index in [0.717, 1.165) is 50.4 Å². The standard InChI is InChI=1S/C25H32N2O3/c1-24(2,3)30-23(28)26-15-8-16-27-17-13-25(14-18-27)19-9-4-6-11-21(19)29-22-12-7-5-10-20(22)25/h4-7,9-12H,8,13-18H2,1-3H3,(H,26,28). The minimum absolute atomic E-state index is 0.0245. The number of para-hydroxylation sites is 2. The van der Waals surface area contributed by atoms with Crippen molar-refractivity contribution in [3.05, 3.63) is 59.7 Å². The van der Waals surface area contributed by atoms with Crippen LogP contribution in [0.2, 0.25) is 0 Å². The average Bonchev–Trinajstić information content (AvgIpc) is 2.71. The third-order valence-corrected chi connectivity index (χ3v) is 6.05. The average molecular weight is 409 g/mol. The lowest BCUT2D eigenvalue weighted by Crippen LogP contribution is -2.45. The number of nitrogens with one attached hydrogen (secondary N) is 1. The number of hydrogen-bond donors (Lipinski definition) is 1.